The van der Waals surface area contributed by atoms with E-state index in [2.05, 4.69) is 49.3 Å². The Kier molecular flexibility index (Phi) is 4.40. The van der Waals surface area contributed by atoms with Crippen molar-refractivity contribution < 1.29 is 0 Å². The number of hydrogen-bond donors (Lipinski definition) is 2. The minimum Gasteiger partial charge on any atom is -0.366 e. The van der Waals surface area contributed by atoms with Crippen LogP contribution in [0.4, 0.5) is 5.82 Å². The number of pyridine rings is 1. The van der Waals surface area contributed by atoms with Crippen LogP contribution in [0.2, 0.25) is 0 Å². The lowest BCUT2D eigenvalue weighted by Gasteiger charge is -2.18. The molecular weight excluding hydrogens is 246 g/mol. The summed E-state index contributed by atoms with van der Waals surface area (Å²) >= 11 is 0. The molecule has 106 valence electrons. The number of hydrogen-bond acceptors (Lipinski definition) is 3. The monoisotopic (exact) mass is 269 g/mol. The van der Waals surface area contributed by atoms with Crippen LogP contribution in [0.15, 0.2) is 42.6 Å². The summed E-state index contributed by atoms with van der Waals surface area (Å²) < 4.78 is 0. The maximum absolute atomic E-state index is 5.65. The van der Waals surface area contributed by atoms with E-state index < -0.39 is 0 Å². The van der Waals surface area contributed by atoms with Crippen molar-refractivity contribution in [2.45, 2.75) is 39.3 Å². The molecule has 0 bridgehead atoms. The van der Waals surface area contributed by atoms with Crippen molar-refractivity contribution in [2.75, 3.05) is 5.32 Å². The van der Waals surface area contributed by atoms with Gasteiger partial charge in [-0.2, -0.15) is 0 Å². The Morgan fingerprint density at radius 2 is 1.85 bits per heavy atom. The van der Waals surface area contributed by atoms with Crippen molar-refractivity contribution in [3.63, 3.8) is 0 Å². The Morgan fingerprint density at radius 3 is 2.45 bits per heavy atom. The summed E-state index contributed by atoms with van der Waals surface area (Å²) in [5, 5.41) is 3.34. The summed E-state index contributed by atoms with van der Waals surface area (Å²) in [6, 6.07) is 12.5. The molecule has 0 saturated heterocycles. The molecule has 0 aliphatic heterocycles. The Balaban J connectivity index is 2.00. The molecule has 1 aromatic heterocycles. The molecule has 0 spiro atoms. The SMILES string of the molecule is CC(C)(C)c1ccc(NCc2cccc(CN)c2)nc1. The lowest BCUT2D eigenvalue weighted by atomic mass is 9.88. The van der Waals surface area contributed by atoms with Crippen molar-refractivity contribution in [3.05, 3.63) is 59.3 Å². The third-order valence-electron chi connectivity index (χ3n) is 3.33. The van der Waals surface area contributed by atoms with E-state index in [-0.39, 0.29) is 5.41 Å². The molecule has 3 nitrogen and oxygen atoms in total. The van der Waals surface area contributed by atoms with Crippen molar-refractivity contribution in [1.82, 2.24) is 4.98 Å². The van der Waals surface area contributed by atoms with Crippen molar-refractivity contribution in [3.8, 4) is 0 Å². The van der Waals surface area contributed by atoms with E-state index >= 15 is 0 Å². The smallest absolute Gasteiger partial charge is 0.126 e. The van der Waals surface area contributed by atoms with Gasteiger partial charge in [0.1, 0.15) is 5.82 Å². The molecule has 0 aliphatic carbocycles. The van der Waals surface area contributed by atoms with E-state index in [0.29, 0.717) is 6.54 Å². The highest BCUT2D eigenvalue weighted by Crippen LogP contribution is 2.22. The predicted octanol–water partition coefficient (Wildman–Crippen LogP) is 3.45. The van der Waals surface area contributed by atoms with Gasteiger partial charge in [-0.3, -0.25) is 0 Å². The zero-order valence-corrected chi connectivity index (χ0v) is 12.5. The van der Waals surface area contributed by atoms with Crippen LogP contribution < -0.4 is 11.1 Å². The summed E-state index contributed by atoms with van der Waals surface area (Å²) in [4.78, 5) is 4.47. The first-order valence-corrected chi connectivity index (χ1v) is 6.97. The van der Waals surface area contributed by atoms with Gasteiger partial charge in [0.2, 0.25) is 0 Å². The van der Waals surface area contributed by atoms with E-state index in [1.54, 1.807) is 0 Å². The maximum atomic E-state index is 5.65. The molecule has 2 rings (SSSR count). The van der Waals surface area contributed by atoms with Gasteiger partial charge in [0.15, 0.2) is 0 Å². The normalized spacial score (nSPS) is 11.4. The highest BCUT2D eigenvalue weighted by Gasteiger charge is 2.13. The van der Waals surface area contributed by atoms with Crippen LogP contribution in [0.3, 0.4) is 0 Å². The third-order valence-corrected chi connectivity index (χ3v) is 3.33. The van der Waals surface area contributed by atoms with Crippen LogP contribution in [0.1, 0.15) is 37.5 Å². The Bertz CT molecular complexity index is 553. The third kappa shape index (κ3) is 3.81. The van der Waals surface area contributed by atoms with Gasteiger partial charge in [0.05, 0.1) is 0 Å². The molecule has 0 aliphatic rings. The number of nitrogens with two attached hydrogens (primary N) is 1. The van der Waals surface area contributed by atoms with E-state index in [1.165, 1.54) is 11.1 Å². The second kappa shape index (κ2) is 6.06. The average molecular weight is 269 g/mol. The predicted molar refractivity (Wildman–Crippen MR) is 84.6 cm³/mol. The largest absolute Gasteiger partial charge is 0.366 e. The summed E-state index contributed by atoms with van der Waals surface area (Å²) in [7, 11) is 0. The average Bonchev–Trinajstić information content (AvgIpc) is 2.45. The topological polar surface area (TPSA) is 50.9 Å². The number of nitrogens with zero attached hydrogens (tertiary/aromatic N) is 1. The van der Waals surface area contributed by atoms with Crippen LogP contribution in [0.5, 0.6) is 0 Å². The highest BCUT2D eigenvalue weighted by atomic mass is 15.0. The fourth-order valence-electron chi connectivity index (χ4n) is 2.00. The van der Waals surface area contributed by atoms with Crippen LogP contribution in [0, 0.1) is 0 Å². The zero-order valence-electron chi connectivity index (χ0n) is 12.5. The molecule has 0 radical (unpaired) electrons. The molecule has 2 aromatic rings. The van der Waals surface area contributed by atoms with Gasteiger partial charge in [0, 0.05) is 19.3 Å². The molecule has 3 N–H and O–H groups in total. The summed E-state index contributed by atoms with van der Waals surface area (Å²) in [6.45, 7) is 7.91. The first-order chi connectivity index (χ1) is 9.49. The Labute approximate surface area is 121 Å². The molecule has 0 amide bonds. The van der Waals surface area contributed by atoms with Gasteiger partial charge in [0.25, 0.3) is 0 Å². The molecule has 3 heteroatoms. The molecule has 0 atom stereocenters. The van der Waals surface area contributed by atoms with E-state index in [1.807, 2.05) is 24.4 Å². The number of anilines is 1. The van der Waals surface area contributed by atoms with Gasteiger partial charge in [-0.15, -0.1) is 0 Å². The first-order valence-electron chi connectivity index (χ1n) is 6.97. The fraction of sp³-hybridized carbons (Fsp3) is 0.353. The second-order valence-corrected chi connectivity index (χ2v) is 6.06. The zero-order chi connectivity index (χ0) is 14.6. The minimum absolute atomic E-state index is 0.140. The standard InChI is InChI=1S/C17H23N3/c1-17(2,3)15-7-8-16(20-12-15)19-11-14-6-4-5-13(9-14)10-18/h4-9,12H,10-11,18H2,1-3H3,(H,19,20). The Hall–Kier alpha value is -1.87. The van der Waals surface area contributed by atoms with Crippen LogP contribution in [0.25, 0.3) is 0 Å². The van der Waals surface area contributed by atoms with Crippen molar-refractivity contribution in [2.24, 2.45) is 5.73 Å². The summed E-state index contributed by atoms with van der Waals surface area (Å²) in [5.41, 5.74) is 9.40. The molecule has 20 heavy (non-hydrogen) atoms. The second-order valence-electron chi connectivity index (χ2n) is 6.06. The van der Waals surface area contributed by atoms with Crippen LogP contribution >= 0.6 is 0 Å². The molecule has 0 saturated carbocycles. The first kappa shape index (κ1) is 14.5. The number of aromatic nitrogens is 1. The van der Waals surface area contributed by atoms with Gasteiger partial charge in [-0.05, 0) is 28.2 Å². The molecule has 1 aromatic carbocycles. The molecule has 0 unspecified atom stereocenters. The minimum atomic E-state index is 0.140. The van der Waals surface area contributed by atoms with Crippen molar-refractivity contribution in [1.29, 1.82) is 0 Å². The van der Waals surface area contributed by atoms with E-state index in [4.69, 9.17) is 5.73 Å². The molecule has 0 fully saturated rings. The summed E-state index contributed by atoms with van der Waals surface area (Å²) in [5.74, 6) is 0.899. The van der Waals surface area contributed by atoms with Crippen molar-refractivity contribution >= 4 is 5.82 Å². The maximum Gasteiger partial charge on any atom is 0.126 e. The van der Waals surface area contributed by atoms with Gasteiger partial charge in [-0.25, -0.2) is 4.98 Å². The summed E-state index contributed by atoms with van der Waals surface area (Å²) in [6.07, 6.45) is 1.94. The number of nitrogens with one attached hydrogen (secondary N) is 1. The molecular formula is C17H23N3. The Morgan fingerprint density at radius 1 is 1.10 bits per heavy atom. The number of benzene rings is 1. The van der Waals surface area contributed by atoms with E-state index in [9.17, 15) is 0 Å². The quantitative estimate of drug-likeness (QED) is 0.893. The number of rotatable bonds is 4. The van der Waals surface area contributed by atoms with Gasteiger partial charge in [-0.1, -0.05) is 51.1 Å². The molecule has 1 heterocycles. The lowest BCUT2D eigenvalue weighted by Crippen LogP contribution is -2.11. The van der Waals surface area contributed by atoms with Gasteiger partial charge >= 0.3 is 0 Å². The fourth-order valence-corrected chi connectivity index (χ4v) is 2.00. The van der Waals surface area contributed by atoms with Crippen LogP contribution in [-0.4, -0.2) is 4.98 Å². The van der Waals surface area contributed by atoms with E-state index in [0.717, 1.165) is 17.9 Å². The lowest BCUT2D eigenvalue weighted by molar-refractivity contribution is 0.587. The highest BCUT2D eigenvalue weighted by molar-refractivity contribution is 5.38. The van der Waals surface area contributed by atoms with Crippen LogP contribution in [-0.2, 0) is 18.5 Å². The van der Waals surface area contributed by atoms with Gasteiger partial charge < -0.3 is 11.1 Å².